The molecule has 0 aromatic heterocycles. The second-order valence-electron chi connectivity index (χ2n) is 6.53. The SMILES string of the molecule is CN(CCCCCC1CC(c2ccc(F)cc2)NN1)C(=O)CCN.Cl. The standard InChI is InChI=1S/C18H29FN4O.ClH/c1-23(18(24)10-11-20)12-4-2-3-5-16-13-17(22-21-16)14-6-8-15(19)9-7-14;/h6-9,16-17,21-22H,2-5,10-13,20H2,1H3;1H. The number of nitrogens with one attached hydrogen (secondary N) is 2. The molecular weight excluding hydrogens is 343 g/mol. The fourth-order valence-electron chi connectivity index (χ4n) is 3.08. The summed E-state index contributed by atoms with van der Waals surface area (Å²) in [5, 5.41) is 0. The Bertz CT molecular complexity index is 514. The van der Waals surface area contributed by atoms with E-state index >= 15 is 0 Å². The third-order valence-electron chi connectivity index (χ3n) is 4.58. The van der Waals surface area contributed by atoms with Crippen molar-refractivity contribution in [3.63, 3.8) is 0 Å². The van der Waals surface area contributed by atoms with E-state index in [2.05, 4.69) is 10.9 Å². The number of hydrazine groups is 1. The molecule has 1 aromatic rings. The average Bonchev–Trinajstić information content (AvgIpc) is 3.04. The molecule has 0 radical (unpaired) electrons. The fraction of sp³-hybridized carbons (Fsp3) is 0.611. The van der Waals surface area contributed by atoms with Gasteiger partial charge in [-0.15, -0.1) is 12.4 Å². The van der Waals surface area contributed by atoms with E-state index in [0.29, 0.717) is 19.0 Å². The monoisotopic (exact) mass is 372 g/mol. The van der Waals surface area contributed by atoms with Crippen LogP contribution >= 0.6 is 12.4 Å². The Morgan fingerprint density at radius 2 is 1.96 bits per heavy atom. The summed E-state index contributed by atoms with van der Waals surface area (Å²) in [6.07, 6.45) is 5.81. The van der Waals surface area contributed by atoms with Gasteiger partial charge in [0, 0.05) is 38.6 Å². The van der Waals surface area contributed by atoms with Crippen LogP contribution < -0.4 is 16.6 Å². The second kappa shape index (κ2) is 11.4. The number of nitrogens with zero attached hydrogens (tertiary/aromatic N) is 1. The van der Waals surface area contributed by atoms with Crippen molar-refractivity contribution in [1.29, 1.82) is 0 Å². The van der Waals surface area contributed by atoms with E-state index in [4.69, 9.17) is 5.73 Å². The third-order valence-corrected chi connectivity index (χ3v) is 4.58. The van der Waals surface area contributed by atoms with E-state index in [1.54, 1.807) is 4.90 Å². The number of carbonyl (C=O) groups excluding carboxylic acids is 1. The molecule has 5 nitrogen and oxygen atoms in total. The van der Waals surface area contributed by atoms with Crippen molar-refractivity contribution in [3.05, 3.63) is 35.6 Å². The minimum absolute atomic E-state index is 0. The van der Waals surface area contributed by atoms with Gasteiger partial charge in [-0.2, -0.15) is 0 Å². The van der Waals surface area contributed by atoms with Crippen molar-refractivity contribution in [2.75, 3.05) is 20.1 Å². The van der Waals surface area contributed by atoms with Crippen LogP contribution in [0.15, 0.2) is 24.3 Å². The van der Waals surface area contributed by atoms with Crippen molar-refractivity contribution in [1.82, 2.24) is 15.8 Å². The normalized spacial score (nSPS) is 19.5. The number of carbonyl (C=O) groups is 1. The molecule has 2 atom stereocenters. The Kier molecular flexibility index (Phi) is 9.97. The highest BCUT2D eigenvalue weighted by Crippen LogP contribution is 2.24. The Labute approximate surface area is 155 Å². The zero-order valence-electron chi connectivity index (χ0n) is 14.8. The topological polar surface area (TPSA) is 70.4 Å². The second-order valence-corrected chi connectivity index (χ2v) is 6.53. The van der Waals surface area contributed by atoms with Crippen LogP contribution in [-0.2, 0) is 4.79 Å². The van der Waals surface area contributed by atoms with Gasteiger partial charge in [0.05, 0.1) is 0 Å². The largest absolute Gasteiger partial charge is 0.346 e. The first-order valence-corrected chi connectivity index (χ1v) is 8.80. The molecule has 1 saturated heterocycles. The Balaban J connectivity index is 0.00000312. The van der Waals surface area contributed by atoms with Gasteiger partial charge < -0.3 is 10.6 Å². The molecule has 142 valence electrons. The van der Waals surface area contributed by atoms with Crippen LogP contribution in [0.3, 0.4) is 0 Å². The predicted molar refractivity (Wildman–Crippen MR) is 101 cm³/mol. The van der Waals surface area contributed by atoms with Crippen molar-refractivity contribution >= 4 is 18.3 Å². The molecule has 2 unspecified atom stereocenters. The molecular formula is C18H30ClFN4O. The van der Waals surface area contributed by atoms with Gasteiger partial charge in [-0.3, -0.25) is 15.6 Å². The number of nitrogens with two attached hydrogens (primary N) is 1. The number of hydrogen-bond acceptors (Lipinski definition) is 4. The van der Waals surface area contributed by atoms with Gasteiger partial charge in [0.25, 0.3) is 0 Å². The molecule has 1 fully saturated rings. The van der Waals surface area contributed by atoms with Crippen LogP contribution in [0.25, 0.3) is 0 Å². The van der Waals surface area contributed by atoms with Crippen LogP contribution in [0.4, 0.5) is 4.39 Å². The quantitative estimate of drug-likeness (QED) is 0.582. The zero-order valence-corrected chi connectivity index (χ0v) is 15.7. The van der Waals surface area contributed by atoms with Crippen LogP contribution in [0.1, 0.15) is 50.1 Å². The maximum atomic E-state index is 13.0. The van der Waals surface area contributed by atoms with Gasteiger partial charge in [0.2, 0.25) is 5.91 Å². The Hall–Kier alpha value is -1.21. The summed E-state index contributed by atoms with van der Waals surface area (Å²) in [5.41, 5.74) is 13.1. The molecule has 1 aliphatic heterocycles. The number of benzene rings is 1. The highest BCUT2D eigenvalue weighted by Gasteiger charge is 2.24. The van der Waals surface area contributed by atoms with Gasteiger partial charge in [-0.25, -0.2) is 4.39 Å². The lowest BCUT2D eigenvalue weighted by molar-refractivity contribution is -0.129. The maximum Gasteiger partial charge on any atom is 0.223 e. The van der Waals surface area contributed by atoms with Gasteiger partial charge in [0.15, 0.2) is 0 Å². The molecule has 1 aromatic carbocycles. The highest BCUT2D eigenvalue weighted by atomic mass is 35.5. The van der Waals surface area contributed by atoms with E-state index in [9.17, 15) is 9.18 Å². The summed E-state index contributed by atoms with van der Waals surface area (Å²) in [5.74, 6) is -0.0718. The number of rotatable bonds is 9. The zero-order chi connectivity index (χ0) is 17.4. The molecule has 0 saturated carbocycles. The molecule has 1 heterocycles. The first-order valence-electron chi connectivity index (χ1n) is 8.80. The van der Waals surface area contributed by atoms with Crippen molar-refractivity contribution < 1.29 is 9.18 Å². The lowest BCUT2D eigenvalue weighted by atomic mass is 9.99. The molecule has 7 heteroatoms. The molecule has 4 N–H and O–H groups in total. The highest BCUT2D eigenvalue weighted by molar-refractivity contribution is 5.85. The Morgan fingerprint density at radius 3 is 2.64 bits per heavy atom. The van der Waals surface area contributed by atoms with E-state index in [1.807, 2.05) is 19.2 Å². The van der Waals surface area contributed by atoms with Crippen molar-refractivity contribution in [3.8, 4) is 0 Å². The Morgan fingerprint density at radius 1 is 1.24 bits per heavy atom. The minimum atomic E-state index is -0.198. The summed E-state index contributed by atoms with van der Waals surface area (Å²) in [4.78, 5) is 13.4. The number of amides is 1. The summed E-state index contributed by atoms with van der Waals surface area (Å²) < 4.78 is 13.0. The molecule has 2 rings (SSSR count). The molecule has 0 bridgehead atoms. The van der Waals surface area contributed by atoms with Crippen LogP contribution in [0.5, 0.6) is 0 Å². The third kappa shape index (κ3) is 7.28. The summed E-state index contributed by atoms with van der Waals surface area (Å²) in [7, 11) is 1.84. The van der Waals surface area contributed by atoms with E-state index in [-0.39, 0.29) is 30.2 Å². The van der Waals surface area contributed by atoms with E-state index in [0.717, 1.165) is 44.2 Å². The number of unbranched alkanes of at least 4 members (excludes halogenated alkanes) is 2. The first kappa shape index (κ1) is 21.8. The van der Waals surface area contributed by atoms with E-state index < -0.39 is 0 Å². The minimum Gasteiger partial charge on any atom is -0.346 e. The van der Waals surface area contributed by atoms with E-state index in [1.165, 1.54) is 12.1 Å². The van der Waals surface area contributed by atoms with Gasteiger partial charge in [0.1, 0.15) is 5.82 Å². The first-order chi connectivity index (χ1) is 11.6. The van der Waals surface area contributed by atoms with Crippen LogP contribution in [0, 0.1) is 5.82 Å². The molecule has 1 aliphatic rings. The van der Waals surface area contributed by atoms with Crippen LogP contribution in [0.2, 0.25) is 0 Å². The lowest BCUT2D eigenvalue weighted by Gasteiger charge is -2.16. The van der Waals surface area contributed by atoms with Crippen molar-refractivity contribution in [2.24, 2.45) is 5.73 Å². The summed E-state index contributed by atoms with van der Waals surface area (Å²) in [6, 6.07) is 7.38. The fourth-order valence-corrected chi connectivity index (χ4v) is 3.08. The molecule has 0 spiro atoms. The van der Waals surface area contributed by atoms with Crippen LogP contribution in [-0.4, -0.2) is 37.0 Å². The van der Waals surface area contributed by atoms with Gasteiger partial charge >= 0.3 is 0 Å². The number of halogens is 2. The summed E-state index contributed by atoms with van der Waals surface area (Å²) >= 11 is 0. The molecule has 0 aliphatic carbocycles. The lowest BCUT2D eigenvalue weighted by Crippen LogP contribution is -2.31. The number of hydrogen-bond donors (Lipinski definition) is 3. The smallest absolute Gasteiger partial charge is 0.223 e. The molecule has 25 heavy (non-hydrogen) atoms. The predicted octanol–water partition coefficient (Wildman–Crippen LogP) is 2.52. The van der Waals surface area contributed by atoms with Crippen molar-refractivity contribution in [2.45, 2.75) is 50.6 Å². The van der Waals surface area contributed by atoms with Gasteiger partial charge in [-0.1, -0.05) is 25.0 Å². The maximum absolute atomic E-state index is 13.0. The van der Waals surface area contributed by atoms with Gasteiger partial charge in [-0.05, 0) is 37.0 Å². The average molecular weight is 373 g/mol. The summed E-state index contributed by atoms with van der Waals surface area (Å²) in [6.45, 7) is 1.21. The molecule has 1 amide bonds.